The fourth-order valence-electron chi connectivity index (χ4n) is 3.04. The molecule has 0 spiro atoms. The Morgan fingerprint density at radius 3 is 2.96 bits per heavy atom. The first kappa shape index (κ1) is 15.0. The van der Waals surface area contributed by atoms with E-state index < -0.39 is 0 Å². The van der Waals surface area contributed by atoms with Gasteiger partial charge in [0.25, 0.3) is 5.56 Å². The van der Waals surface area contributed by atoms with Crippen LogP contribution in [0, 0.1) is 0 Å². The summed E-state index contributed by atoms with van der Waals surface area (Å²) in [6.45, 7) is 5.02. The number of para-hydroxylation sites is 1. The first-order chi connectivity index (χ1) is 11.7. The minimum Gasteiger partial charge on any atom is -0.376 e. The molecule has 0 amide bonds. The van der Waals surface area contributed by atoms with E-state index in [2.05, 4.69) is 26.9 Å². The molecule has 1 unspecified atom stereocenters. The fraction of sp³-hybridized carbons (Fsp3) is 0.353. The minimum absolute atomic E-state index is 0.154. The third kappa shape index (κ3) is 2.83. The van der Waals surface area contributed by atoms with Gasteiger partial charge in [-0.25, -0.2) is 9.67 Å². The second kappa shape index (κ2) is 6.18. The van der Waals surface area contributed by atoms with Gasteiger partial charge in [0.05, 0.1) is 31.1 Å². The summed E-state index contributed by atoms with van der Waals surface area (Å²) in [5.41, 5.74) is 1.32. The highest BCUT2D eigenvalue weighted by Gasteiger charge is 2.18. The maximum atomic E-state index is 12.4. The molecular weight excluding hydrogens is 306 g/mol. The van der Waals surface area contributed by atoms with Gasteiger partial charge >= 0.3 is 0 Å². The van der Waals surface area contributed by atoms with E-state index in [1.807, 2.05) is 30.3 Å². The zero-order valence-corrected chi connectivity index (χ0v) is 13.5. The highest BCUT2D eigenvalue weighted by Crippen LogP contribution is 2.14. The van der Waals surface area contributed by atoms with Crippen molar-refractivity contribution >= 4 is 11.0 Å². The summed E-state index contributed by atoms with van der Waals surface area (Å²) in [6.07, 6.45) is 1.76. The van der Waals surface area contributed by atoms with Crippen LogP contribution in [0.15, 0.2) is 41.3 Å². The topological polar surface area (TPSA) is 76.0 Å². The van der Waals surface area contributed by atoms with Gasteiger partial charge in [0, 0.05) is 13.1 Å². The normalized spacial score (nSPS) is 19.0. The zero-order valence-electron chi connectivity index (χ0n) is 13.5. The van der Waals surface area contributed by atoms with Crippen molar-refractivity contribution < 1.29 is 4.74 Å². The predicted molar refractivity (Wildman–Crippen MR) is 90.2 cm³/mol. The van der Waals surface area contributed by atoms with Crippen LogP contribution in [-0.2, 0) is 11.3 Å². The minimum atomic E-state index is -0.154. The summed E-state index contributed by atoms with van der Waals surface area (Å²) in [6, 6.07) is 9.70. The Hall–Kier alpha value is -2.51. The molecule has 7 nitrogen and oxygen atoms in total. The molecule has 1 aliphatic heterocycles. The molecule has 3 heterocycles. The van der Waals surface area contributed by atoms with Crippen molar-refractivity contribution in [2.75, 3.05) is 19.7 Å². The monoisotopic (exact) mass is 325 g/mol. The first-order valence-corrected chi connectivity index (χ1v) is 8.07. The average Bonchev–Trinajstić information content (AvgIpc) is 3.00. The van der Waals surface area contributed by atoms with E-state index >= 15 is 0 Å². The lowest BCUT2D eigenvalue weighted by Gasteiger charge is -2.30. The number of hydrogen-bond acceptors (Lipinski definition) is 5. The second-order valence-corrected chi connectivity index (χ2v) is 6.06. The van der Waals surface area contributed by atoms with E-state index in [1.54, 1.807) is 10.9 Å². The van der Waals surface area contributed by atoms with E-state index in [-0.39, 0.29) is 11.7 Å². The van der Waals surface area contributed by atoms with Gasteiger partial charge in [-0.3, -0.25) is 9.69 Å². The Labute approximate surface area is 138 Å². The number of benzene rings is 1. The second-order valence-electron chi connectivity index (χ2n) is 6.06. The molecule has 0 aliphatic carbocycles. The van der Waals surface area contributed by atoms with E-state index in [4.69, 9.17) is 4.74 Å². The number of fused-ring (bicyclic) bond motifs is 1. The molecule has 0 radical (unpaired) electrons. The predicted octanol–water partition coefficient (Wildman–Crippen LogP) is 1.33. The Kier molecular flexibility index (Phi) is 3.87. The van der Waals surface area contributed by atoms with Gasteiger partial charge in [0.1, 0.15) is 11.2 Å². The Balaban J connectivity index is 1.71. The number of aromatic amines is 1. The number of ether oxygens (including phenoxy) is 1. The molecule has 1 atom stereocenters. The van der Waals surface area contributed by atoms with Gasteiger partial charge < -0.3 is 9.72 Å². The lowest BCUT2D eigenvalue weighted by atomic mass is 10.3. The van der Waals surface area contributed by atoms with Crippen molar-refractivity contribution in [3.05, 3.63) is 52.7 Å². The van der Waals surface area contributed by atoms with Gasteiger partial charge in [-0.05, 0) is 19.1 Å². The Bertz CT molecular complexity index is 902. The smallest absolute Gasteiger partial charge is 0.262 e. The first-order valence-electron chi connectivity index (χ1n) is 8.07. The van der Waals surface area contributed by atoms with Crippen LogP contribution in [0.4, 0.5) is 0 Å². The number of morpholine rings is 1. The molecule has 0 saturated carbocycles. The number of nitrogens with zero attached hydrogens (tertiary/aromatic N) is 4. The van der Waals surface area contributed by atoms with Crippen LogP contribution in [0.1, 0.15) is 12.7 Å². The quantitative estimate of drug-likeness (QED) is 0.786. The van der Waals surface area contributed by atoms with E-state index in [0.717, 1.165) is 18.8 Å². The van der Waals surface area contributed by atoms with E-state index in [1.165, 1.54) is 0 Å². The van der Waals surface area contributed by atoms with Crippen molar-refractivity contribution in [3.63, 3.8) is 0 Å². The molecule has 2 aromatic heterocycles. The van der Waals surface area contributed by atoms with Crippen LogP contribution in [0.25, 0.3) is 16.7 Å². The standard InChI is InChI=1S/C17H19N5O2/c1-12-10-21(7-8-24-12)11-15-19-16-14(17(23)20-15)9-18-22(16)13-5-3-2-4-6-13/h2-6,9,12H,7-8,10-11H2,1H3,(H,19,20,23). The molecule has 4 rings (SSSR count). The lowest BCUT2D eigenvalue weighted by Crippen LogP contribution is -2.41. The summed E-state index contributed by atoms with van der Waals surface area (Å²) in [5, 5.41) is 4.83. The summed E-state index contributed by atoms with van der Waals surface area (Å²) >= 11 is 0. The van der Waals surface area contributed by atoms with Crippen LogP contribution in [0.5, 0.6) is 0 Å². The van der Waals surface area contributed by atoms with Crippen LogP contribution >= 0.6 is 0 Å². The largest absolute Gasteiger partial charge is 0.376 e. The highest BCUT2D eigenvalue weighted by atomic mass is 16.5. The Morgan fingerprint density at radius 2 is 2.17 bits per heavy atom. The molecular formula is C17H19N5O2. The highest BCUT2D eigenvalue weighted by molar-refractivity contribution is 5.75. The third-order valence-corrected chi connectivity index (χ3v) is 4.19. The maximum absolute atomic E-state index is 12.4. The number of aromatic nitrogens is 4. The molecule has 124 valence electrons. The van der Waals surface area contributed by atoms with E-state index in [9.17, 15) is 4.79 Å². The number of rotatable bonds is 3. The van der Waals surface area contributed by atoms with Crippen LogP contribution in [0.2, 0.25) is 0 Å². The molecule has 24 heavy (non-hydrogen) atoms. The zero-order chi connectivity index (χ0) is 16.5. The molecule has 1 fully saturated rings. The average molecular weight is 325 g/mol. The van der Waals surface area contributed by atoms with Crippen LogP contribution in [0.3, 0.4) is 0 Å². The van der Waals surface area contributed by atoms with Crippen molar-refractivity contribution in [2.45, 2.75) is 19.6 Å². The van der Waals surface area contributed by atoms with Crippen LogP contribution in [-0.4, -0.2) is 50.4 Å². The van der Waals surface area contributed by atoms with E-state index in [0.29, 0.717) is 30.0 Å². The third-order valence-electron chi connectivity index (χ3n) is 4.19. The number of nitrogens with one attached hydrogen (secondary N) is 1. The summed E-state index contributed by atoms with van der Waals surface area (Å²) in [7, 11) is 0. The summed E-state index contributed by atoms with van der Waals surface area (Å²) < 4.78 is 7.26. The van der Waals surface area contributed by atoms with Gasteiger partial charge in [-0.15, -0.1) is 0 Å². The van der Waals surface area contributed by atoms with Crippen LogP contribution < -0.4 is 5.56 Å². The van der Waals surface area contributed by atoms with Crippen molar-refractivity contribution in [1.82, 2.24) is 24.6 Å². The summed E-state index contributed by atoms with van der Waals surface area (Å²) in [4.78, 5) is 22.1. The molecule has 1 aromatic carbocycles. The lowest BCUT2D eigenvalue weighted by molar-refractivity contribution is -0.0219. The Morgan fingerprint density at radius 1 is 1.33 bits per heavy atom. The number of H-pyrrole nitrogens is 1. The summed E-state index contributed by atoms with van der Waals surface area (Å²) in [5.74, 6) is 0.652. The van der Waals surface area contributed by atoms with Gasteiger partial charge in [-0.1, -0.05) is 18.2 Å². The van der Waals surface area contributed by atoms with Gasteiger partial charge in [0.2, 0.25) is 0 Å². The molecule has 3 aromatic rings. The fourth-order valence-corrected chi connectivity index (χ4v) is 3.04. The molecule has 7 heteroatoms. The van der Waals surface area contributed by atoms with Crippen molar-refractivity contribution in [3.8, 4) is 5.69 Å². The molecule has 1 saturated heterocycles. The SMILES string of the molecule is CC1CN(Cc2nc3c(cnn3-c3ccccc3)c(=O)[nH]2)CCO1. The van der Waals surface area contributed by atoms with Crippen molar-refractivity contribution in [1.29, 1.82) is 0 Å². The van der Waals surface area contributed by atoms with Gasteiger partial charge in [-0.2, -0.15) is 5.10 Å². The van der Waals surface area contributed by atoms with Crippen molar-refractivity contribution in [2.24, 2.45) is 0 Å². The molecule has 1 aliphatic rings. The maximum Gasteiger partial charge on any atom is 0.262 e. The molecule has 0 bridgehead atoms. The van der Waals surface area contributed by atoms with Gasteiger partial charge in [0.15, 0.2) is 5.65 Å². The molecule has 1 N–H and O–H groups in total. The number of hydrogen-bond donors (Lipinski definition) is 1.